The van der Waals surface area contributed by atoms with Crippen molar-refractivity contribution in [3.8, 4) is 0 Å². The van der Waals surface area contributed by atoms with Crippen molar-refractivity contribution in [3.05, 3.63) is 22.9 Å². The van der Waals surface area contributed by atoms with Crippen LogP contribution in [0.4, 0.5) is 5.82 Å². The molecule has 0 bridgehead atoms. The zero-order valence-corrected chi connectivity index (χ0v) is 12.7. The van der Waals surface area contributed by atoms with Gasteiger partial charge in [0.15, 0.2) is 0 Å². The van der Waals surface area contributed by atoms with Crippen LogP contribution in [0.25, 0.3) is 0 Å². The number of pyridine rings is 1. The van der Waals surface area contributed by atoms with Crippen LogP contribution in [-0.4, -0.2) is 22.6 Å². The number of carboxylic acids is 1. The molecule has 3 rings (SSSR count). The lowest BCUT2D eigenvalue weighted by atomic mass is 9.83. The normalized spacial score (nSPS) is 24.6. The first-order chi connectivity index (χ1) is 10.1. The standard InChI is InChI=1S/C17H24N2O2/c1-11-5-7-12(8-6-11)10-18-16-14(17(20)21)9-13-3-2-4-15(13)19-16/h9,11-12H,2-8,10H2,1H3,(H,18,19)(H,20,21). The number of nitrogens with zero attached hydrogens (tertiary/aromatic N) is 1. The van der Waals surface area contributed by atoms with Crippen LogP contribution in [0, 0.1) is 11.8 Å². The molecule has 0 radical (unpaired) electrons. The lowest BCUT2D eigenvalue weighted by Gasteiger charge is -2.26. The number of aryl methyl sites for hydroxylation is 2. The smallest absolute Gasteiger partial charge is 0.339 e. The number of fused-ring (bicyclic) bond motifs is 1. The van der Waals surface area contributed by atoms with Gasteiger partial charge in [-0.3, -0.25) is 0 Å². The number of nitrogens with one attached hydrogen (secondary N) is 1. The molecule has 4 heteroatoms. The second kappa shape index (κ2) is 6.04. The van der Waals surface area contributed by atoms with E-state index in [0.29, 0.717) is 17.3 Å². The Morgan fingerprint density at radius 2 is 2.10 bits per heavy atom. The van der Waals surface area contributed by atoms with Gasteiger partial charge in [0.1, 0.15) is 11.4 Å². The van der Waals surface area contributed by atoms with Gasteiger partial charge in [0.2, 0.25) is 0 Å². The first-order valence-corrected chi connectivity index (χ1v) is 8.13. The zero-order valence-electron chi connectivity index (χ0n) is 12.7. The fraction of sp³-hybridized carbons (Fsp3) is 0.647. The summed E-state index contributed by atoms with van der Waals surface area (Å²) in [5.74, 6) is 1.19. The first-order valence-electron chi connectivity index (χ1n) is 8.13. The average molecular weight is 288 g/mol. The van der Waals surface area contributed by atoms with E-state index in [2.05, 4.69) is 17.2 Å². The summed E-state index contributed by atoms with van der Waals surface area (Å²) in [5.41, 5.74) is 2.53. The number of aromatic nitrogens is 1. The fourth-order valence-electron chi connectivity index (χ4n) is 3.54. The molecule has 0 aromatic carbocycles. The maximum atomic E-state index is 11.4. The predicted molar refractivity (Wildman–Crippen MR) is 82.8 cm³/mol. The molecule has 21 heavy (non-hydrogen) atoms. The Morgan fingerprint density at radius 3 is 2.81 bits per heavy atom. The molecule has 1 fully saturated rings. The number of rotatable bonds is 4. The van der Waals surface area contributed by atoms with Gasteiger partial charge in [0.25, 0.3) is 0 Å². The Labute approximate surface area is 126 Å². The number of hydrogen-bond donors (Lipinski definition) is 2. The second-order valence-corrected chi connectivity index (χ2v) is 6.66. The van der Waals surface area contributed by atoms with E-state index in [1.165, 1.54) is 25.7 Å². The van der Waals surface area contributed by atoms with Crippen molar-refractivity contribution in [1.29, 1.82) is 0 Å². The van der Waals surface area contributed by atoms with Crippen LogP contribution in [0.2, 0.25) is 0 Å². The number of hydrogen-bond acceptors (Lipinski definition) is 3. The molecule has 1 saturated carbocycles. The van der Waals surface area contributed by atoms with Crippen molar-refractivity contribution in [1.82, 2.24) is 4.98 Å². The molecule has 2 aliphatic carbocycles. The van der Waals surface area contributed by atoms with E-state index in [1.54, 1.807) is 0 Å². The number of carbonyl (C=O) groups is 1. The quantitative estimate of drug-likeness (QED) is 0.890. The Hall–Kier alpha value is -1.58. The van der Waals surface area contributed by atoms with Crippen LogP contribution in [-0.2, 0) is 12.8 Å². The molecule has 2 N–H and O–H groups in total. The van der Waals surface area contributed by atoms with E-state index in [9.17, 15) is 9.90 Å². The third-order valence-electron chi connectivity index (χ3n) is 4.97. The lowest BCUT2D eigenvalue weighted by molar-refractivity contribution is 0.0697. The third kappa shape index (κ3) is 3.20. The predicted octanol–water partition coefficient (Wildman–Crippen LogP) is 3.51. The van der Waals surface area contributed by atoms with Gasteiger partial charge in [-0.15, -0.1) is 0 Å². The van der Waals surface area contributed by atoms with Gasteiger partial charge in [-0.05, 0) is 55.6 Å². The van der Waals surface area contributed by atoms with Gasteiger partial charge in [0, 0.05) is 12.2 Å². The second-order valence-electron chi connectivity index (χ2n) is 6.66. The molecule has 2 aliphatic rings. The first kappa shape index (κ1) is 14.4. The lowest BCUT2D eigenvalue weighted by Crippen LogP contribution is -2.21. The molecule has 1 aromatic heterocycles. The van der Waals surface area contributed by atoms with Crippen molar-refractivity contribution in [2.24, 2.45) is 11.8 Å². The Morgan fingerprint density at radius 1 is 1.33 bits per heavy atom. The van der Waals surface area contributed by atoms with E-state index in [-0.39, 0.29) is 0 Å². The van der Waals surface area contributed by atoms with Gasteiger partial charge in [-0.25, -0.2) is 9.78 Å². The highest BCUT2D eigenvalue weighted by molar-refractivity contribution is 5.93. The SMILES string of the molecule is CC1CCC(CNc2nc3c(cc2C(=O)O)CCC3)CC1. The summed E-state index contributed by atoms with van der Waals surface area (Å²) in [6.45, 7) is 3.16. The van der Waals surface area contributed by atoms with Crippen LogP contribution in [0.1, 0.15) is 60.6 Å². The highest BCUT2D eigenvalue weighted by Crippen LogP contribution is 2.29. The van der Waals surface area contributed by atoms with Crippen LogP contribution < -0.4 is 5.32 Å². The monoisotopic (exact) mass is 288 g/mol. The molecule has 0 spiro atoms. The number of aromatic carboxylic acids is 1. The van der Waals surface area contributed by atoms with Gasteiger partial charge < -0.3 is 10.4 Å². The van der Waals surface area contributed by atoms with E-state index in [0.717, 1.165) is 43.0 Å². The van der Waals surface area contributed by atoms with Crippen molar-refractivity contribution in [2.75, 3.05) is 11.9 Å². The molecule has 0 aliphatic heterocycles. The molecule has 0 amide bonds. The largest absolute Gasteiger partial charge is 0.478 e. The maximum absolute atomic E-state index is 11.4. The van der Waals surface area contributed by atoms with Gasteiger partial charge in [-0.2, -0.15) is 0 Å². The van der Waals surface area contributed by atoms with Crippen molar-refractivity contribution in [2.45, 2.75) is 51.9 Å². The summed E-state index contributed by atoms with van der Waals surface area (Å²) in [6, 6.07) is 1.82. The molecule has 0 saturated heterocycles. The molecule has 4 nitrogen and oxygen atoms in total. The minimum atomic E-state index is -0.878. The summed E-state index contributed by atoms with van der Waals surface area (Å²) in [6.07, 6.45) is 8.08. The summed E-state index contributed by atoms with van der Waals surface area (Å²) >= 11 is 0. The topological polar surface area (TPSA) is 62.2 Å². The van der Waals surface area contributed by atoms with E-state index in [4.69, 9.17) is 0 Å². The Kier molecular flexibility index (Phi) is 4.13. The molecule has 0 unspecified atom stereocenters. The number of anilines is 1. The molecule has 0 atom stereocenters. The van der Waals surface area contributed by atoms with Crippen LogP contribution in [0.5, 0.6) is 0 Å². The summed E-state index contributed by atoms with van der Waals surface area (Å²) in [5, 5.41) is 12.7. The Bertz CT molecular complexity index is 534. The molecular weight excluding hydrogens is 264 g/mol. The van der Waals surface area contributed by atoms with Crippen LogP contribution >= 0.6 is 0 Å². The summed E-state index contributed by atoms with van der Waals surface area (Å²) in [4.78, 5) is 16.0. The minimum Gasteiger partial charge on any atom is -0.478 e. The minimum absolute atomic E-state index is 0.333. The van der Waals surface area contributed by atoms with E-state index < -0.39 is 5.97 Å². The summed E-state index contributed by atoms with van der Waals surface area (Å²) in [7, 11) is 0. The molecule has 114 valence electrons. The molecule has 1 aromatic rings. The third-order valence-corrected chi connectivity index (χ3v) is 4.97. The molecular formula is C17H24N2O2. The van der Waals surface area contributed by atoms with Crippen LogP contribution in [0.15, 0.2) is 6.07 Å². The van der Waals surface area contributed by atoms with Gasteiger partial charge >= 0.3 is 5.97 Å². The average Bonchev–Trinajstić information content (AvgIpc) is 2.92. The van der Waals surface area contributed by atoms with Gasteiger partial charge in [0.05, 0.1) is 0 Å². The maximum Gasteiger partial charge on any atom is 0.339 e. The van der Waals surface area contributed by atoms with Crippen LogP contribution in [0.3, 0.4) is 0 Å². The highest BCUT2D eigenvalue weighted by atomic mass is 16.4. The van der Waals surface area contributed by atoms with Crippen molar-refractivity contribution >= 4 is 11.8 Å². The number of carboxylic acid groups (broad SMARTS) is 1. The fourth-order valence-corrected chi connectivity index (χ4v) is 3.54. The summed E-state index contributed by atoms with van der Waals surface area (Å²) < 4.78 is 0. The zero-order chi connectivity index (χ0) is 14.8. The van der Waals surface area contributed by atoms with Crippen molar-refractivity contribution in [3.63, 3.8) is 0 Å². The highest BCUT2D eigenvalue weighted by Gasteiger charge is 2.22. The molecule has 1 heterocycles. The van der Waals surface area contributed by atoms with E-state index in [1.807, 2.05) is 6.07 Å². The Balaban J connectivity index is 1.71. The van der Waals surface area contributed by atoms with Crippen molar-refractivity contribution < 1.29 is 9.90 Å². The van der Waals surface area contributed by atoms with E-state index >= 15 is 0 Å². The van der Waals surface area contributed by atoms with Gasteiger partial charge in [-0.1, -0.05) is 19.8 Å².